The molecule has 0 unspecified atom stereocenters. The second-order valence-electron chi connectivity index (χ2n) is 5.26. The van der Waals surface area contributed by atoms with Gasteiger partial charge in [-0.15, -0.1) is 0 Å². The Morgan fingerprint density at radius 3 is 2.81 bits per heavy atom. The topological polar surface area (TPSA) is 115 Å². The predicted octanol–water partition coefficient (Wildman–Crippen LogP) is 2.27. The van der Waals surface area contributed by atoms with Crippen LogP contribution in [0, 0.1) is 0 Å². The van der Waals surface area contributed by atoms with Gasteiger partial charge in [-0.25, -0.2) is 19.7 Å². The first kappa shape index (κ1) is 17.1. The van der Waals surface area contributed by atoms with Crippen molar-refractivity contribution in [1.82, 2.24) is 19.5 Å². The number of rotatable bonds is 6. The van der Waals surface area contributed by atoms with Crippen molar-refractivity contribution in [3.63, 3.8) is 0 Å². The third kappa shape index (κ3) is 4.20. The molecule has 0 radical (unpaired) electrons. The summed E-state index contributed by atoms with van der Waals surface area (Å²) in [5.41, 5.74) is 2.28. The Hall–Kier alpha value is -3.75. The van der Waals surface area contributed by atoms with E-state index in [-0.39, 0.29) is 12.4 Å². The highest BCUT2D eigenvalue weighted by atomic mass is 16.6. The first-order valence-corrected chi connectivity index (χ1v) is 7.67. The Bertz CT molecular complexity index is 923. The van der Waals surface area contributed by atoms with Gasteiger partial charge in [-0.2, -0.15) is 0 Å². The summed E-state index contributed by atoms with van der Waals surface area (Å²) < 4.78 is 1.84. The van der Waals surface area contributed by atoms with Gasteiger partial charge in [-0.05, 0) is 6.07 Å². The van der Waals surface area contributed by atoms with Crippen LogP contribution in [0.4, 0.5) is 10.6 Å². The summed E-state index contributed by atoms with van der Waals surface area (Å²) in [4.78, 5) is 28.3. The van der Waals surface area contributed by atoms with E-state index in [9.17, 15) is 4.79 Å². The first-order valence-electron chi connectivity index (χ1n) is 7.67. The minimum Gasteiger partial charge on any atom is -0.465 e. The zero-order chi connectivity index (χ0) is 18.4. The number of carbonyl (C=O) groups is 1. The fourth-order valence-corrected chi connectivity index (χ4v) is 2.23. The zero-order valence-electron chi connectivity index (χ0n) is 13.9. The molecule has 2 aromatic heterocycles. The smallest absolute Gasteiger partial charge is 0.410 e. The quantitative estimate of drug-likeness (QED) is 0.519. The number of carboxylic acid groups (broad SMARTS) is 1. The highest BCUT2D eigenvalue weighted by molar-refractivity contribution is 6.11. The van der Waals surface area contributed by atoms with Gasteiger partial charge < -0.3 is 14.5 Å². The van der Waals surface area contributed by atoms with Gasteiger partial charge in [-0.1, -0.05) is 35.5 Å². The number of amides is 1. The van der Waals surface area contributed by atoms with E-state index in [1.165, 1.54) is 12.3 Å². The summed E-state index contributed by atoms with van der Waals surface area (Å²) in [6.45, 7) is -0.0106. The van der Waals surface area contributed by atoms with Crippen LogP contribution < -0.4 is 5.32 Å². The molecule has 0 bridgehead atoms. The highest BCUT2D eigenvalue weighted by Gasteiger charge is 2.12. The molecule has 0 saturated carbocycles. The lowest BCUT2D eigenvalue weighted by Gasteiger charge is -2.08. The minimum absolute atomic E-state index is 0.0106. The SMILES string of the molecule is Cn1cncc1/C(=N\OCc1nccc(NC(=O)O)n1)c1ccccc1. The standard InChI is InChI=1S/C17H16N6O3/c1-23-11-18-9-13(23)16(12-5-3-2-4-6-12)22-26-10-15-19-8-7-14(20-15)21-17(24)25/h2-9,11H,10H2,1H3,(H,24,25)(H,19,20,21)/b22-16-. The molecule has 9 heteroatoms. The summed E-state index contributed by atoms with van der Waals surface area (Å²) in [6, 6.07) is 11.0. The molecule has 132 valence electrons. The summed E-state index contributed by atoms with van der Waals surface area (Å²) in [6.07, 6.45) is 3.62. The predicted molar refractivity (Wildman–Crippen MR) is 93.8 cm³/mol. The zero-order valence-corrected chi connectivity index (χ0v) is 13.9. The molecular formula is C17H16N6O3. The van der Waals surface area contributed by atoms with Crippen LogP contribution in [0.1, 0.15) is 17.1 Å². The van der Waals surface area contributed by atoms with Crippen LogP contribution in [0.15, 0.2) is 60.3 Å². The molecule has 0 spiro atoms. The molecule has 9 nitrogen and oxygen atoms in total. The van der Waals surface area contributed by atoms with E-state index in [4.69, 9.17) is 9.94 Å². The summed E-state index contributed by atoms with van der Waals surface area (Å²) in [5.74, 6) is 0.474. The van der Waals surface area contributed by atoms with E-state index < -0.39 is 6.09 Å². The van der Waals surface area contributed by atoms with Gasteiger partial charge >= 0.3 is 6.09 Å². The van der Waals surface area contributed by atoms with Gasteiger partial charge in [0.2, 0.25) is 0 Å². The number of hydrogen-bond donors (Lipinski definition) is 2. The van der Waals surface area contributed by atoms with Crippen molar-refractivity contribution in [2.24, 2.45) is 12.2 Å². The van der Waals surface area contributed by atoms with E-state index in [0.29, 0.717) is 11.5 Å². The van der Waals surface area contributed by atoms with E-state index in [0.717, 1.165) is 11.3 Å². The van der Waals surface area contributed by atoms with Crippen LogP contribution >= 0.6 is 0 Å². The van der Waals surface area contributed by atoms with Crippen LogP contribution in [-0.2, 0) is 18.5 Å². The molecule has 0 saturated heterocycles. The minimum atomic E-state index is -1.20. The molecule has 26 heavy (non-hydrogen) atoms. The molecule has 1 aromatic carbocycles. The molecule has 0 fully saturated rings. The number of hydrogen-bond acceptors (Lipinski definition) is 6. The Balaban J connectivity index is 1.80. The molecule has 1 amide bonds. The maximum atomic E-state index is 10.7. The number of imidazole rings is 1. The number of nitrogens with zero attached hydrogens (tertiary/aromatic N) is 5. The second kappa shape index (κ2) is 7.88. The van der Waals surface area contributed by atoms with Gasteiger partial charge in [0.1, 0.15) is 11.5 Å². The van der Waals surface area contributed by atoms with E-state index in [2.05, 4.69) is 25.4 Å². The Kier molecular flexibility index (Phi) is 5.18. The van der Waals surface area contributed by atoms with Crippen molar-refractivity contribution in [1.29, 1.82) is 0 Å². The molecule has 2 N–H and O–H groups in total. The Labute approximate surface area is 149 Å². The van der Waals surface area contributed by atoms with Crippen molar-refractivity contribution in [2.45, 2.75) is 6.61 Å². The summed E-state index contributed by atoms with van der Waals surface area (Å²) in [7, 11) is 1.87. The second-order valence-corrected chi connectivity index (χ2v) is 5.26. The molecule has 0 atom stereocenters. The van der Waals surface area contributed by atoms with Gasteiger partial charge in [0.05, 0.1) is 18.2 Å². The lowest BCUT2D eigenvalue weighted by Crippen LogP contribution is -2.11. The first-order chi connectivity index (χ1) is 12.6. The van der Waals surface area contributed by atoms with Crippen LogP contribution in [0.2, 0.25) is 0 Å². The highest BCUT2D eigenvalue weighted by Crippen LogP contribution is 2.11. The average Bonchev–Trinajstić information content (AvgIpc) is 3.05. The summed E-state index contributed by atoms with van der Waals surface area (Å²) in [5, 5.41) is 15.1. The van der Waals surface area contributed by atoms with Crippen LogP contribution in [0.25, 0.3) is 0 Å². The molecule has 0 aliphatic rings. The molecule has 0 aliphatic heterocycles. The maximum Gasteiger partial charge on any atom is 0.410 e. The molecule has 2 heterocycles. The van der Waals surface area contributed by atoms with E-state index in [1.807, 2.05) is 41.9 Å². The number of nitrogens with one attached hydrogen (secondary N) is 1. The Morgan fingerprint density at radius 1 is 1.31 bits per heavy atom. The fourth-order valence-electron chi connectivity index (χ4n) is 2.23. The monoisotopic (exact) mass is 352 g/mol. The largest absolute Gasteiger partial charge is 0.465 e. The van der Waals surface area contributed by atoms with Crippen LogP contribution in [-0.4, -0.2) is 36.4 Å². The van der Waals surface area contributed by atoms with E-state index >= 15 is 0 Å². The number of anilines is 1. The normalized spacial score (nSPS) is 11.2. The lowest BCUT2D eigenvalue weighted by molar-refractivity contribution is 0.125. The number of benzene rings is 1. The van der Waals surface area contributed by atoms with Crippen molar-refractivity contribution in [2.75, 3.05) is 5.32 Å². The third-order valence-electron chi connectivity index (χ3n) is 3.40. The molecule has 0 aliphatic carbocycles. The Morgan fingerprint density at radius 2 is 2.12 bits per heavy atom. The summed E-state index contributed by atoms with van der Waals surface area (Å²) >= 11 is 0. The lowest BCUT2D eigenvalue weighted by atomic mass is 10.1. The maximum absolute atomic E-state index is 10.7. The number of aromatic nitrogens is 4. The third-order valence-corrected chi connectivity index (χ3v) is 3.40. The fraction of sp³-hybridized carbons (Fsp3) is 0.118. The van der Waals surface area contributed by atoms with E-state index in [1.54, 1.807) is 12.5 Å². The van der Waals surface area contributed by atoms with Gasteiger partial charge in [-0.3, -0.25) is 5.32 Å². The average molecular weight is 352 g/mol. The van der Waals surface area contributed by atoms with Gasteiger partial charge in [0.25, 0.3) is 0 Å². The molecular weight excluding hydrogens is 336 g/mol. The number of oxime groups is 1. The van der Waals surface area contributed by atoms with Crippen molar-refractivity contribution < 1.29 is 14.7 Å². The van der Waals surface area contributed by atoms with Crippen LogP contribution in [0.5, 0.6) is 0 Å². The van der Waals surface area contributed by atoms with Crippen molar-refractivity contribution in [3.05, 3.63) is 72.2 Å². The molecule has 3 rings (SSSR count). The van der Waals surface area contributed by atoms with Crippen LogP contribution in [0.3, 0.4) is 0 Å². The van der Waals surface area contributed by atoms with Gasteiger partial charge in [0.15, 0.2) is 12.4 Å². The number of aryl methyl sites for hydroxylation is 1. The van der Waals surface area contributed by atoms with Gasteiger partial charge in [0, 0.05) is 18.8 Å². The van der Waals surface area contributed by atoms with Crippen molar-refractivity contribution in [3.8, 4) is 0 Å². The molecule has 3 aromatic rings. The van der Waals surface area contributed by atoms with Crippen molar-refractivity contribution >= 4 is 17.6 Å².